The number of nitrogens with zero attached hydrogens (tertiary/aromatic N) is 2. The molecular weight excluding hydrogens is 244 g/mol. The Labute approximate surface area is 123 Å². The van der Waals surface area contributed by atoms with Gasteiger partial charge in [-0.15, -0.1) is 0 Å². The number of rotatable bonds is 2. The maximum absolute atomic E-state index is 2.65. The molecule has 1 aromatic carbocycles. The molecular formula is C18H28N2. The minimum Gasteiger partial charge on any atom is -0.364 e. The summed E-state index contributed by atoms with van der Waals surface area (Å²) >= 11 is 0. The molecule has 2 heterocycles. The quantitative estimate of drug-likeness (QED) is 0.785. The second kappa shape index (κ2) is 5.31. The van der Waals surface area contributed by atoms with Crippen LogP contribution < -0.4 is 9.80 Å². The van der Waals surface area contributed by atoms with Crippen molar-refractivity contribution in [3.8, 4) is 0 Å². The lowest BCUT2D eigenvalue weighted by molar-refractivity contribution is 0.669. The van der Waals surface area contributed by atoms with E-state index < -0.39 is 0 Å². The highest BCUT2D eigenvalue weighted by atomic mass is 15.3. The normalized spacial score (nSPS) is 34.0. The van der Waals surface area contributed by atoms with E-state index in [1.807, 2.05) is 0 Å². The molecule has 2 aliphatic rings. The first kappa shape index (κ1) is 13.8. The van der Waals surface area contributed by atoms with Crippen molar-refractivity contribution in [3.05, 3.63) is 24.3 Å². The van der Waals surface area contributed by atoms with Gasteiger partial charge < -0.3 is 9.80 Å². The van der Waals surface area contributed by atoms with Gasteiger partial charge in [0.05, 0.1) is 11.4 Å². The minimum absolute atomic E-state index is 0.666. The second-order valence-electron chi connectivity index (χ2n) is 6.85. The summed E-state index contributed by atoms with van der Waals surface area (Å²) in [5.74, 6) is 0. The maximum atomic E-state index is 2.65. The molecule has 0 aromatic heterocycles. The van der Waals surface area contributed by atoms with Crippen molar-refractivity contribution in [2.75, 3.05) is 9.80 Å². The lowest BCUT2D eigenvalue weighted by Crippen LogP contribution is -2.37. The van der Waals surface area contributed by atoms with Gasteiger partial charge in [-0.3, -0.25) is 0 Å². The first-order chi connectivity index (χ1) is 9.59. The van der Waals surface area contributed by atoms with Crippen LogP contribution in [0.3, 0.4) is 0 Å². The number of hydrogen-bond acceptors (Lipinski definition) is 2. The van der Waals surface area contributed by atoms with Crippen molar-refractivity contribution >= 4 is 11.4 Å². The second-order valence-corrected chi connectivity index (χ2v) is 6.85. The molecule has 2 nitrogen and oxygen atoms in total. The largest absolute Gasteiger partial charge is 0.364 e. The van der Waals surface area contributed by atoms with Gasteiger partial charge in [-0.05, 0) is 65.5 Å². The van der Waals surface area contributed by atoms with Gasteiger partial charge in [0.25, 0.3) is 0 Å². The van der Waals surface area contributed by atoms with E-state index in [0.717, 1.165) is 0 Å². The van der Waals surface area contributed by atoms with Crippen LogP contribution in [0, 0.1) is 0 Å². The smallest absolute Gasteiger partial charge is 0.0609 e. The summed E-state index contributed by atoms with van der Waals surface area (Å²) in [5, 5.41) is 0. The van der Waals surface area contributed by atoms with Gasteiger partial charge in [0, 0.05) is 24.2 Å². The molecule has 2 aliphatic heterocycles. The summed E-state index contributed by atoms with van der Waals surface area (Å²) in [4.78, 5) is 5.29. The van der Waals surface area contributed by atoms with E-state index in [1.165, 1.54) is 37.1 Å². The van der Waals surface area contributed by atoms with E-state index in [2.05, 4.69) is 61.8 Å². The highest BCUT2D eigenvalue weighted by Crippen LogP contribution is 2.41. The third kappa shape index (κ3) is 2.19. The molecule has 2 fully saturated rings. The van der Waals surface area contributed by atoms with E-state index in [-0.39, 0.29) is 0 Å². The Kier molecular flexibility index (Phi) is 3.66. The van der Waals surface area contributed by atoms with Gasteiger partial charge in [0.2, 0.25) is 0 Å². The molecule has 20 heavy (non-hydrogen) atoms. The van der Waals surface area contributed by atoms with Gasteiger partial charge in [-0.1, -0.05) is 12.1 Å². The molecule has 2 saturated heterocycles. The molecule has 0 aliphatic carbocycles. The Morgan fingerprint density at radius 2 is 0.950 bits per heavy atom. The lowest BCUT2D eigenvalue weighted by atomic mass is 10.1. The fourth-order valence-corrected chi connectivity index (χ4v) is 4.24. The zero-order chi connectivity index (χ0) is 14.3. The topological polar surface area (TPSA) is 6.48 Å². The first-order valence-electron chi connectivity index (χ1n) is 8.25. The Bertz CT molecular complexity index is 407. The highest BCUT2D eigenvalue weighted by Gasteiger charge is 2.33. The zero-order valence-electron chi connectivity index (χ0n) is 13.3. The molecule has 0 radical (unpaired) electrons. The Hall–Kier alpha value is -1.18. The third-order valence-electron chi connectivity index (χ3n) is 5.34. The number of benzene rings is 1. The Morgan fingerprint density at radius 3 is 1.25 bits per heavy atom. The average molecular weight is 272 g/mol. The predicted molar refractivity (Wildman–Crippen MR) is 87.7 cm³/mol. The Balaban J connectivity index is 2.00. The van der Waals surface area contributed by atoms with E-state index in [0.29, 0.717) is 24.2 Å². The zero-order valence-corrected chi connectivity index (χ0v) is 13.3. The fourth-order valence-electron chi connectivity index (χ4n) is 4.24. The molecule has 2 heteroatoms. The van der Waals surface area contributed by atoms with Crippen molar-refractivity contribution < 1.29 is 0 Å². The molecule has 110 valence electrons. The van der Waals surface area contributed by atoms with Crippen LogP contribution in [0.25, 0.3) is 0 Å². The summed E-state index contributed by atoms with van der Waals surface area (Å²) in [6.45, 7) is 9.49. The van der Waals surface area contributed by atoms with E-state index in [4.69, 9.17) is 0 Å². The molecule has 0 saturated carbocycles. The van der Waals surface area contributed by atoms with E-state index in [9.17, 15) is 0 Å². The molecule has 3 rings (SSSR count). The van der Waals surface area contributed by atoms with Crippen LogP contribution in [0.2, 0.25) is 0 Å². The van der Waals surface area contributed by atoms with Crippen LogP contribution in [0.4, 0.5) is 11.4 Å². The van der Waals surface area contributed by atoms with Crippen molar-refractivity contribution in [2.24, 2.45) is 0 Å². The summed E-state index contributed by atoms with van der Waals surface area (Å²) in [6.07, 6.45) is 5.28. The van der Waals surface area contributed by atoms with Crippen LogP contribution in [-0.4, -0.2) is 24.2 Å². The third-order valence-corrected chi connectivity index (χ3v) is 5.34. The molecule has 0 unspecified atom stereocenters. The SMILES string of the molecule is C[C@@H]1CC[C@@H](C)N1c1ccccc1N1[C@H](C)CC[C@H]1C. The molecule has 4 atom stereocenters. The summed E-state index contributed by atoms with van der Waals surface area (Å²) in [7, 11) is 0. The number of anilines is 2. The number of para-hydroxylation sites is 2. The van der Waals surface area contributed by atoms with Crippen LogP contribution in [0.1, 0.15) is 53.4 Å². The van der Waals surface area contributed by atoms with E-state index >= 15 is 0 Å². The van der Waals surface area contributed by atoms with E-state index in [1.54, 1.807) is 0 Å². The lowest BCUT2D eigenvalue weighted by Gasteiger charge is -2.36. The van der Waals surface area contributed by atoms with Crippen LogP contribution >= 0.6 is 0 Å². The molecule has 0 N–H and O–H groups in total. The minimum atomic E-state index is 0.666. The molecule has 1 aromatic rings. The molecule has 0 spiro atoms. The van der Waals surface area contributed by atoms with Crippen molar-refractivity contribution in [1.29, 1.82) is 0 Å². The molecule has 0 bridgehead atoms. The van der Waals surface area contributed by atoms with Crippen LogP contribution in [-0.2, 0) is 0 Å². The summed E-state index contributed by atoms with van der Waals surface area (Å²) < 4.78 is 0. The summed E-state index contributed by atoms with van der Waals surface area (Å²) in [5.41, 5.74) is 2.90. The van der Waals surface area contributed by atoms with Gasteiger partial charge >= 0.3 is 0 Å². The van der Waals surface area contributed by atoms with Crippen LogP contribution in [0.5, 0.6) is 0 Å². The standard InChI is InChI=1S/C18H28N2/c1-13-9-10-14(2)19(13)17-7-5-6-8-18(17)20-15(3)11-12-16(20)4/h5-8,13-16H,9-12H2,1-4H3/t13-,14-,15-,16-/m1/s1. The number of hydrogen-bond donors (Lipinski definition) is 0. The fraction of sp³-hybridized carbons (Fsp3) is 0.667. The van der Waals surface area contributed by atoms with Gasteiger partial charge in [-0.25, -0.2) is 0 Å². The van der Waals surface area contributed by atoms with Gasteiger partial charge in [0.15, 0.2) is 0 Å². The maximum Gasteiger partial charge on any atom is 0.0609 e. The highest BCUT2D eigenvalue weighted by molar-refractivity contribution is 5.73. The summed E-state index contributed by atoms with van der Waals surface area (Å²) in [6, 6.07) is 11.7. The van der Waals surface area contributed by atoms with Crippen LogP contribution in [0.15, 0.2) is 24.3 Å². The monoisotopic (exact) mass is 272 g/mol. The van der Waals surface area contributed by atoms with Gasteiger partial charge in [-0.2, -0.15) is 0 Å². The molecule has 0 amide bonds. The average Bonchev–Trinajstić information content (AvgIpc) is 2.93. The first-order valence-corrected chi connectivity index (χ1v) is 8.25. The van der Waals surface area contributed by atoms with Gasteiger partial charge in [0.1, 0.15) is 0 Å². The predicted octanol–water partition coefficient (Wildman–Crippen LogP) is 4.44. The Morgan fingerprint density at radius 1 is 0.650 bits per heavy atom. The van der Waals surface area contributed by atoms with Crippen molar-refractivity contribution in [3.63, 3.8) is 0 Å². The van der Waals surface area contributed by atoms with Crippen molar-refractivity contribution in [1.82, 2.24) is 0 Å². The van der Waals surface area contributed by atoms with Crippen molar-refractivity contribution in [2.45, 2.75) is 77.5 Å².